The number of aliphatic hydroxyl groups is 1. The molecule has 1 rings (SSSR count). The first-order valence-electron chi connectivity index (χ1n) is 5.48. The molecular formula is C11H23NO3. The van der Waals surface area contributed by atoms with Crippen LogP contribution in [-0.2, 0) is 4.74 Å². The number of carbonyl (C=O) groups is 1. The lowest BCUT2D eigenvalue weighted by Gasteiger charge is -2.16. The van der Waals surface area contributed by atoms with E-state index in [1.807, 2.05) is 0 Å². The van der Waals surface area contributed by atoms with E-state index in [1.165, 1.54) is 19.3 Å². The fourth-order valence-corrected chi connectivity index (χ4v) is 1.38. The van der Waals surface area contributed by atoms with Gasteiger partial charge in [-0.05, 0) is 33.6 Å². The van der Waals surface area contributed by atoms with Gasteiger partial charge < -0.3 is 15.6 Å². The molecule has 1 aliphatic carbocycles. The van der Waals surface area contributed by atoms with Crippen LogP contribution in [0.1, 0.15) is 52.9 Å². The minimum Gasteiger partial charge on any atom is -0.444 e. The van der Waals surface area contributed by atoms with Crippen LogP contribution in [0.2, 0.25) is 0 Å². The van der Waals surface area contributed by atoms with Gasteiger partial charge >= 0.3 is 6.09 Å². The Bertz CT molecular complexity index is 181. The fraction of sp³-hybridized carbons (Fsp3) is 0.909. The largest absolute Gasteiger partial charge is 0.444 e. The van der Waals surface area contributed by atoms with Gasteiger partial charge in [-0.15, -0.1) is 0 Å². The Morgan fingerprint density at radius 1 is 1.27 bits per heavy atom. The van der Waals surface area contributed by atoms with E-state index in [-0.39, 0.29) is 6.10 Å². The van der Waals surface area contributed by atoms with Crippen molar-refractivity contribution < 1.29 is 14.6 Å². The minimum absolute atomic E-state index is 0.0359. The number of hydrogen-bond donors (Lipinski definition) is 2. The van der Waals surface area contributed by atoms with Crippen molar-refractivity contribution in [3.63, 3.8) is 0 Å². The maximum Gasteiger partial charge on any atom is 0.405 e. The lowest BCUT2D eigenvalue weighted by atomic mass is 9.98. The summed E-state index contributed by atoms with van der Waals surface area (Å²) in [5.74, 6) is 0. The van der Waals surface area contributed by atoms with Crippen LogP contribution in [0, 0.1) is 0 Å². The third-order valence-corrected chi connectivity index (χ3v) is 1.98. The summed E-state index contributed by atoms with van der Waals surface area (Å²) >= 11 is 0. The van der Waals surface area contributed by atoms with Crippen molar-refractivity contribution in [3.05, 3.63) is 0 Å². The van der Waals surface area contributed by atoms with Gasteiger partial charge in [-0.25, -0.2) is 4.79 Å². The number of carbonyl (C=O) groups excluding carboxylic acids is 1. The van der Waals surface area contributed by atoms with Crippen LogP contribution in [0.4, 0.5) is 4.79 Å². The summed E-state index contributed by atoms with van der Waals surface area (Å²) in [6.45, 7) is 5.28. The molecule has 1 fully saturated rings. The lowest BCUT2D eigenvalue weighted by Crippen LogP contribution is -2.27. The Balaban J connectivity index is 0.000000262. The second kappa shape index (κ2) is 6.67. The van der Waals surface area contributed by atoms with Gasteiger partial charge in [-0.1, -0.05) is 19.3 Å². The summed E-state index contributed by atoms with van der Waals surface area (Å²) in [6, 6.07) is 0. The highest BCUT2D eigenvalue weighted by Gasteiger charge is 2.12. The summed E-state index contributed by atoms with van der Waals surface area (Å²) in [5, 5.41) is 8.91. The molecule has 4 heteroatoms. The SMILES string of the molecule is CC(C)(C)OC(N)=O.OC1CCCCC1. The molecule has 0 atom stereocenters. The zero-order valence-electron chi connectivity index (χ0n) is 9.95. The maximum absolute atomic E-state index is 10.0. The molecule has 0 radical (unpaired) electrons. The molecule has 0 aromatic heterocycles. The number of rotatable bonds is 0. The standard InChI is InChI=1S/C6H12O.C5H11NO2/c7-6-4-2-1-3-5-6;1-5(2,3)8-4(6)7/h6-7H,1-5H2;1-3H3,(H2,6,7). The van der Waals surface area contributed by atoms with Gasteiger partial charge in [0.1, 0.15) is 5.60 Å². The van der Waals surface area contributed by atoms with Gasteiger partial charge in [0.15, 0.2) is 0 Å². The molecule has 0 aromatic rings. The first-order valence-corrected chi connectivity index (χ1v) is 5.48. The minimum atomic E-state index is -0.725. The third-order valence-electron chi connectivity index (χ3n) is 1.98. The molecule has 0 unspecified atom stereocenters. The first-order chi connectivity index (χ1) is 6.81. The molecule has 0 bridgehead atoms. The Morgan fingerprint density at radius 3 is 1.87 bits per heavy atom. The number of amides is 1. The van der Waals surface area contributed by atoms with Crippen molar-refractivity contribution in [2.75, 3.05) is 0 Å². The summed E-state index contributed by atoms with van der Waals surface area (Å²) in [7, 11) is 0. The first kappa shape index (κ1) is 14.2. The maximum atomic E-state index is 10.0. The fourth-order valence-electron chi connectivity index (χ4n) is 1.38. The molecule has 15 heavy (non-hydrogen) atoms. The quantitative estimate of drug-likeness (QED) is 0.653. The van der Waals surface area contributed by atoms with Crippen molar-refractivity contribution in [2.45, 2.75) is 64.6 Å². The van der Waals surface area contributed by atoms with E-state index in [9.17, 15) is 4.79 Å². The van der Waals surface area contributed by atoms with Crippen LogP contribution in [0.25, 0.3) is 0 Å². The van der Waals surface area contributed by atoms with Crippen molar-refractivity contribution >= 4 is 6.09 Å². The van der Waals surface area contributed by atoms with Crippen LogP contribution in [0.3, 0.4) is 0 Å². The van der Waals surface area contributed by atoms with Gasteiger partial charge in [0.2, 0.25) is 0 Å². The van der Waals surface area contributed by atoms with Gasteiger partial charge in [0.05, 0.1) is 6.10 Å². The third kappa shape index (κ3) is 11.2. The van der Waals surface area contributed by atoms with Gasteiger partial charge in [0, 0.05) is 0 Å². The summed E-state index contributed by atoms with van der Waals surface area (Å²) in [4.78, 5) is 10.0. The van der Waals surface area contributed by atoms with Crippen LogP contribution in [0.15, 0.2) is 0 Å². The van der Waals surface area contributed by atoms with E-state index >= 15 is 0 Å². The van der Waals surface area contributed by atoms with E-state index in [1.54, 1.807) is 20.8 Å². The molecule has 0 heterocycles. The van der Waals surface area contributed by atoms with Crippen LogP contribution < -0.4 is 5.73 Å². The number of nitrogens with two attached hydrogens (primary N) is 1. The van der Waals surface area contributed by atoms with Crippen molar-refractivity contribution in [1.29, 1.82) is 0 Å². The van der Waals surface area contributed by atoms with Gasteiger partial charge in [0.25, 0.3) is 0 Å². The number of ether oxygens (including phenoxy) is 1. The topological polar surface area (TPSA) is 72.5 Å². The number of primary amides is 1. The van der Waals surface area contributed by atoms with Crippen molar-refractivity contribution in [1.82, 2.24) is 0 Å². The van der Waals surface area contributed by atoms with Crippen molar-refractivity contribution in [3.8, 4) is 0 Å². The molecule has 0 aromatic carbocycles. The van der Waals surface area contributed by atoms with E-state index in [0.717, 1.165) is 12.8 Å². The van der Waals surface area contributed by atoms with Crippen LogP contribution in [0.5, 0.6) is 0 Å². The highest BCUT2D eigenvalue weighted by atomic mass is 16.6. The second-order valence-electron chi connectivity index (χ2n) is 4.83. The predicted molar refractivity (Wildman–Crippen MR) is 59.5 cm³/mol. The van der Waals surface area contributed by atoms with E-state index in [4.69, 9.17) is 10.8 Å². The van der Waals surface area contributed by atoms with E-state index < -0.39 is 11.7 Å². The molecule has 1 aliphatic rings. The normalized spacial score (nSPS) is 17.6. The molecule has 0 saturated heterocycles. The van der Waals surface area contributed by atoms with E-state index in [2.05, 4.69) is 4.74 Å². The van der Waals surface area contributed by atoms with E-state index in [0.29, 0.717) is 0 Å². The smallest absolute Gasteiger partial charge is 0.405 e. The molecule has 4 nitrogen and oxygen atoms in total. The molecular weight excluding hydrogens is 194 g/mol. The lowest BCUT2D eigenvalue weighted by molar-refractivity contribution is 0.0600. The van der Waals surface area contributed by atoms with Crippen LogP contribution in [-0.4, -0.2) is 22.9 Å². The highest BCUT2D eigenvalue weighted by molar-refractivity contribution is 5.65. The molecule has 0 spiro atoms. The molecule has 1 amide bonds. The number of aliphatic hydroxyl groups excluding tert-OH is 1. The Labute approximate surface area is 91.8 Å². The molecule has 3 N–H and O–H groups in total. The Hall–Kier alpha value is -0.770. The predicted octanol–water partition coefficient (Wildman–Crippen LogP) is 2.19. The zero-order chi connectivity index (χ0) is 11.9. The Kier molecular flexibility index (Phi) is 6.32. The average molecular weight is 217 g/mol. The summed E-state index contributed by atoms with van der Waals surface area (Å²) in [5.41, 5.74) is 4.26. The summed E-state index contributed by atoms with van der Waals surface area (Å²) < 4.78 is 4.58. The highest BCUT2D eigenvalue weighted by Crippen LogP contribution is 2.16. The van der Waals surface area contributed by atoms with Crippen molar-refractivity contribution in [2.24, 2.45) is 5.73 Å². The van der Waals surface area contributed by atoms with Gasteiger partial charge in [-0.2, -0.15) is 0 Å². The summed E-state index contributed by atoms with van der Waals surface area (Å²) in [6.07, 6.45) is 5.20. The second-order valence-corrected chi connectivity index (χ2v) is 4.83. The monoisotopic (exact) mass is 217 g/mol. The van der Waals surface area contributed by atoms with Gasteiger partial charge in [-0.3, -0.25) is 0 Å². The molecule has 90 valence electrons. The number of hydrogen-bond acceptors (Lipinski definition) is 3. The van der Waals surface area contributed by atoms with Crippen LogP contribution >= 0.6 is 0 Å². The zero-order valence-corrected chi connectivity index (χ0v) is 9.95. The molecule has 0 aliphatic heterocycles. The Morgan fingerprint density at radius 2 is 1.73 bits per heavy atom. The molecule has 1 saturated carbocycles. The average Bonchev–Trinajstić information content (AvgIpc) is 2.01.